The Morgan fingerprint density at radius 1 is 0.968 bits per heavy atom. The molecule has 3 N–H and O–H groups in total. The molecule has 2 heterocycles. The van der Waals surface area contributed by atoms with E-state index in [1.807, 2.05) is 19.2 Å². The molecule has 8 heteroatoms. The fourth-order valence-electron chi connectivity index (χ4n) is 3.67. The van der Waals surface area contributed by atoms with E-state index in [4.69, 9.17) is 0 Å². The molecule has 0 fully saturated rings. The first-order valence-electron chi connectivity index (χ1n) is 9.77. The highest BCUT2D eigenvalue weighted by Gasteiger charge is 2.32. The standard InChI is InChI=1S/C23H21N3O4S/c1-23(2)11-17-15(18(27)12-23)10-16(21(29)26-17)20(28)24-13-5-3-6-14(9-13)25-22(30)19-7-4-8-31-19/h3-10H,11-12H2,1-2H3,(H,24,28)(H,25,30)(H,26,29). The van der Waals surface area contributed by atoms with E-state index in [1.165, 1.54) is 17.4 Å². The Bertz CT molecular complexity index is 1240. The van der Waals surface area contributed by atoms with E-state index in [0.717, 1.165) is 0 Å². The van der Waals surface area contributed by atoms with E-state index in [1.54, 1.807) is 36.4 Å². The molecule has 7 nitrogen and oxygen atoms in total. The number of carbonyl (C=O) groups excluding carboxylic acids is 3. The fourth-order valence-corrected chi connectivity index (χ4v) is 4.29. The normalized spacial score (nSPS) is 14.6. The summed E-state index contributed by atoms with van der Waals surface area (Å²) in [7, 11) is 0. The molecule has 0 radical (unpaired) electrons. The van der Waals surface area contributed by atoms with Crippen LogP contribution in [0.2, 0.25) is 0 Å². The van der Waals surface area contributed by atoms with Crippen molar-refractivity contribution in [3.63, 3.8) is 0 Å². The van der Waals surface area contributed by atoms with Gasteiger partial charge in [-0.2, -0.15) is 0 Å². The second-order valence-corrected chi connectivity index (χ2v) is 9.26. The summed E-state index contributed by atoms with van der Waals surface area (Å²) in [6.07, 6.45) is 0.927. The highest BCUT2D eigenvalue weighted by molar-refractivity contribution is 7.12. The molecule has 0 bridgehead atoms. The Morgan fingerprint density at radius 2 is 1.68 bits per heavy atom. The summed E-state index contributed by atoms with van der Waals surface area (Å²) in [5.74, 6) is -0.954. The van der Waals surface area contributed by atoms with Gasteiger partial charge in [0.05, 0.1) is 4.88 Å². The van der Waals surface area contributed by atoms with Gasteiger partial charge >= 0.3 is 0 Å². The molecule has 31 heavy (non-hydrogen) atoms. The number of anilines is 2. The quantitative estimate of drug-likeness (QED) is 0.573. The van der Waals surface area contributed by atoms with Gasteiger partial charge in [0.2, 0.25) is 0 Å². The predicted molar refractivity (Wildman–Crippen MR) is 120 cm³/mol. The van der Waals surface area contributed by atoms with Crippen molar-refractivity contribution in [1.29, 1.82) is 0 Å². The Labute approximate surface area is 182 Å². The van der Waals surface area contributed by atoms with Crippen molar-refractivity contribution in [1.82, 2.24) is 4.98 Å². The molecule has 0 saturated heterocycles. The van der Waals surface area contributed by atoms with Gasteiger partial charge in [-0.05, 0) is 47.5 Å². The van der Waals surface area contributed by atoms with Crippen LogP contribution in [0.15, 0.2) is 52.6 Å². The third kappa shape index (κ3) is 4.49. The van der Waals surface area contributed by atoms with Gasteiger partial charge in [0, 0.05) is 29.1 Å². The predicted octanol–water partition coefficient (Wildman–Crippen LogP) is 4.10. The van der Waals surface area contributed by atoms with E-state index in [2.05, 4.69) is 15.6 Å². The maximum atomic E-state index is 12.7. The number of aromatic nitrogens is 1. The molecule has 3 aromatic rings. The van der Waals surface area contributed by atoms with Crippen LogP contribution in [0, 0.1) is 5.41 Å². The average molecular weight is 436 g/mol. The van der Waals surface area contributed by atoms with Crippen LogP contribution in [0.25, 0.3) is 0 Å². The summed E-state index contributed by atoms with van der Waals surface area (Å²) in [5, 5.41) is 7.25. The maximum absolute atomic E-state index is 12.7. The van der Waals surface area contributed by atoms with Crippen LogP contribution in [0.3, 0.4) is 0 Å². The first kappa shape index (κ1) is 20.7. The van der Waals surface area contributed by atoms with Gasteiger partial charge in [-0.1, -0.05) is 26.0 Å². The van der Waals surface area contributed by atoms with Gasteiger partial charge < -0.3 is 15.6 Å². The van der Waals surface area contributed by atoms with Crippen molar-refractivity contribution in [2.75, 3.05) is 10.6 Å². The molecule has 1 aliphatic carbocycles. The molecule has 0 spiro atoms. The van der Waals surface area contributed by atoms with Crippen LogP contribution in [-0.4, -0.2) is 22.6 Å². The van der Waals surface area contributed by atoms with Crippen LogP contribution < -0.4 is 16.2 Å². The number of thiophene rings is 1. The lowest BCUT2D eigenvalue weighted by atomic mass is 9.75. The number of ketones is 1. The number of Topliss-reactive ketones (excluding diaryl/α,β-unsaturated/α-hetero) is 1. The molecule has 1 aromatic carbocycles. The summed E-state index contributed by atoms with van der Waals surface area (Å²) >= 11 is 1.33. The third-order valence-electron chi connectivity index (χ3n) is 5.09. The number of pyridine rings is 1. The smallest absolute Gasteiger partial charge is 0.265 e. The molecule has 0 aliphatic heterocycles. The molecule has 0 atom stereocenters. The van der Waals surface area contributed by atoms with Gasteiger partial charge in [0.15, 0.2) is 5.78 Å². The zero-order valence-electron chi connectivity index (χ0n) is 17.1. The largest absolute Gasteiger partial charge is 0.325 e. The number of aromatic amines is 1. The second-order valence-electron chi connectivity index (χ2n) is 8.31. The fraction of sp³-hybridized carbons (Fsp3) is 0.217. The number of H-pyrrole nitrogens is 1. The topological polar surface area (TPSA) is 108 Å². The molecular formula is C23H21N3O4S. The lowest BCUT2D eigenvalue weighted by Crippen LogP contribution is -2.32. The Balaban J connectivity index is 1.54. The lowest BCUT2D eigenvalue weighted by Gasteiger charge is -2.29. The number of carbonyl (C=O) groups is 3. The summed E-state index contributed by atoms with van der Waals surface area (Å²) in [5.41, 5.74) is 0.988. The van der Waals surface area contributed by atoms with Crippen LogP contribution in [0.4, 0.5) is 11.4 Å². The van der Waals surface area contributed by atoms with E-state index >= 15 is 0 Å². The first-order chi connectivity index (χ1) is 14.7. The minimum atomic E-state index is -0.622. The van der Waals surface area contributed by atoms with Crippen LogP contribution in [0.5, 0.6) is 0 Å². The highest BCUT2D eigenvalue weighted by Crippen LogP contribution is 2.33. The van der Waals surface area contributed by atoms with Gasteiger partial charge in [0.1, 0.15) is 5.56 Å². The van der Waals surface area contributed by atoms with Crippen molar-refractivity contribution in [3.8, 4) is 0 Å². The van der Waals surface area contributed by atoms with E-state index in [-0.39, 0.29) is 22.7 Å². The summed E-state index contributed by atoms with van der Waals surface area (Å²) in [6, 6.07) is 11.5. The molecule has 0 saturated carbocycles. The Kier molecular flexibility index (Phi) is 5.32. The van der Waals surface area contributed by atoms with Crippen molar-refractivity contribution in [2.24, 2.45) is 5.41 Å². The van der Waals surface area contributed by atoms with Crippen LogP contribution in [0.1, 0.15) is 56.3 Å². The van der Waals surface area contributed by atoms with E-state index in [0.29, 0.717) is 40.4 Å². The molecule has 0 unspecified atom stereocenters. The Morgan fingerprint density at radius 3 is 2.35 bits per heavy atom. The van der Waals surface area contributed by atoms with Gasteiger partial charge in [-0.3, -0.25) is 19.2 Å². The highest BCUT2D eigenvalue weighted by atomic mass is 32.1. The number of hydrogen-bond donors (Lipinski definition) is 3. The van der Waals surface area contributed by atoms with Crippen LogP contribution in [-0.2, 0) is 6.42 Å². The van der Waals surface area contributed by atoms with Gasteiger partial charge in [0.25, 0.3) is 17.4 Å². The maximum Gasteiger partial charge on any atom is 0.265 e. The number of benzene rings is 1. The van der Waals surface area contributed by atoms with Gasteiger partial charge in [-0.15, -0.1) is 11.3 Å². The SMILES string of the molecule is CC1(C)CC(=O)c2cc(C(=O)Nc3cccc(NC(=O)c4cccs4)c3)c(=O)[nH]c2C1. The molecule has 4 rings (SSSR count). The minimum Gasteiger partial charge on any atom is -0.325 e. The molecular weight excluding hydrogens is 414 g/mol. The number of nitrogens with one attached hydrogen (secondary N) is 3. The Hall–Kier alpha value is -3.52. The minimum absolute atomic E-state index is 0.0881. The lowest BCUT2D eigenvalue weighted by molar-refractivity contribution is 0.0909. The summed E-state index contributed by atoms with van der Waals surface area (Å²) in [4.78, 5) is 53.2. The summed E-state index contributed by atoms with van der Waals surface area (Å²) < 4.78 is 0. The summed E-state index contributed by atoms with van der Waals surface area (Å²) in [6.45, 7) is 3.94. The van der Waals surface area contributed by atoms with E-state index in [9.17, 15) is 19.2 Å². The molecule has 158 valence electrons. The van der Waals surface area contributed by atoms with Crippen molar-refractivity contribution in [2.45, 2.75) is 26.7 Å². The molecule has 2 amide bonds. The van der Waals surface area contributed by atoms with Crippen molar-refractivity contribution in [3.05, 3.63) is 79.9 Å². The van der Waals surface area contributed by atoms with Crippen molar-refractivity contribution >= 4 is 40.3 Å². The number of hydrogen-bond acceptors (Lipinski definition) is 5. The van der Waals surface area contributed by atoms with Crippen LogP contribution >= 0.6 is 11.3 Å². The molecule has 1 aliphatic rings. The first-order valence-corrected chi connectivity index (χ1v) is 10.7. The van der Waals surface area contributed by atoms with E-state index < -0.39 is 11.5 Å². The van der Waals surface area contributed by atoms with Crippen molar-refractivity contribution < 1.29 is 14.4 Å². The zero-order chi connectivity index (χ0) is 22.2. The number of amides is 2. The van der Waals surface area contributed by atoms with Gasteiger partial charge in [-0.25, -0.2) is 0 Å². The third-order valence-corrected chi connectivity index (χ3v) is 5.95. The average Bonchev–Trinajstić information content (AvgIpc) is 3.21. The monoisotopic (exact) mass is 435 g/mol. The molecule has 2 aromatic heterocycles. The number of rotatable bonds is 4. The zero-order valence-corrected chi connectivity index (χ0v) is 17.9. The second kappa shape index (κ2) is 7.96. The number of fused-ring (bicyclic) bond motifs is 1.